The Labute approximate surface area is 168 Å². The van der Waals surface area contributed by atoms with Crippen molar-refractivity contribution in [1.29, 1.82) is 0 Å². The lowest BCUT2D eigenvalue weighted by Gasteiger charge is -2.12. The number of hydrogen-bond donors (Lipinski definition) is 1. The molecule has 0 aliphatic rings. The van der Waals surface area contributed by atoms with Gasteiger partial charge in [0, 0.05) is 28.6 Å². The molecule has 142 valence electrons. The predicted octanol–water partition coefficient (Wildman–Crippen LogP) is 5.02. The van der Waals surface area contributed by atoms with Gasteiger partial charge in [-0.1, -0.05) is 29.8 Å². The van der Waals surface area contributed by atoms with E-state index in [1.165, 1.54) is 5.56 Å². The average Bonchev–Trinajstić information content (AvgIpc) is 3.06. The van der Waals surface area contributed by atoms with Gasteiger partial charge in [-0.05, 0) is 39.0 Å². The smallest absolute Gasteiger partial charge is 0.217 e. The van der Waals surface area contributed by atoms with Crippen LogP contribution in [0.2, 0.25) is 0 Å². The Morgan fingerprint density at radius 1 is 1.11 bits per heavy atom. The predicted molar refractivity (Wildman–Crippen MR) is 115 cm³/mol. The number of ether oxygens (including phenoxy) is 1. The summed E-state index contributed by atoms with van der Waals surface area (Å²) in [5, 5.41) is 0.895. The van der Waals surface area contributed by atoms with Gasteiger partial charge >= 0.3 is 0 Å². The molecule has 4 rings (SSSR count). The van der Waals surface area contributed by atoms with Gasteiger partial charge in [-0.15, -0.1) is 11.3 Å². The molecule has 0 aliphatic carbocycles. The number of benzene rings is 1. The Balaban J connectivity index is 1.70. The Morgan fingerprint density at radius 2 is 1.96 bits per heavy atom. The van der Waals surface area contributed by atoms with E-state index in [-0.39, 0.29) is 6.10 Å². The number of nitrogen functional groups attached to an aromatic ring is 1. The average molecular weight is 391 g/mol. The molecule has 2 N–H and O–H groups in total. The third kappa shape index (κ3) is 3.82. The summed E-state index contributed by atoms with van der Waals surface area (Å²) in [6.45, 7) is 6.06. The van der Waals surface area contributed by atoms with Crippen molar-refractivity contribution < 1.29 is 4.74 Å². The summed E-state index contributed by atoms with van der Waals surface area (Å²) < 4.78 is 5.84. The number of pyridine rings is 1. The number of nitrogens with zero attached hydrogens (tertiary/aromatic N) is 3. The van der Waals surface area contributed by atoms with Gasteiger partial charge < -0.3 is 10.5 Å². The van der Waals surface area contributed by atoms with Crippen LogP contribution in [-0.4, -0.2) is 21.1 Å². The molecule has 0 saturated carbocycles. The fourth-order valence-corrected chi connectivity index (χ4v) is 4.13. The molecule has 28 heavy (non-hydrogen) atoms. The minimum Gasteiger partial charge on any atom is -0.475 e. The standard InChI is InChI=1S/C22H22N4OS/c1-13(2)27-21-16(8-5-9-24-21)11-17-12-18-19(23)25-20(26-22(18)28-17)15-7-4-6-14(3)10-15/h4-10,12-13H,11H2,1-3H3,(H2,23,25,26). The van der Waals surface area contributed by atoms with Crippen molar-refractivity contribution in [2.24, 2.45) is 0 Å². The first-order chi connectivity index (χ1) is 13.5. The fraction of sp³-hybridized carbons (Fsp3) is 0.227. The summed E-state index contributed by atoms with van der Waals surface area (Å²) >= 11 is 1.63. The second-order valence-corrected chi connectivity index (χ2v) is 8.16. The summed E-state index contributed by atoms with van der Waals surface area (Å²) in [5.41, 5.74) is 9.45. The zero-order valence-electron chi connectivity index (χ0n) is 16.1. The van der Waals surface area contributed by atoms with Crippen molar-refractivity contribution in [1.82, 2.24) is 15.0 Å². The summed E-state index contributed by atoms with van der Waals surface area (Å²) in [7, 11) is 0. The molecule has 0 atom stereocenters. The second-order valence-electron chi connectivity index (χ2n) is 7.04. The summed E-state index contributed by atoms with van der Waals surface area (Å²) in [6, 6.07) is 14.2. The molecular formula is C22H22N4OS. The van der Waals surface area contributed by atoms with Gasteiger partial charge in [-0.25, -0.2) is 15.0 Å². The summed E-state index contributed by atoms with van der Waals surface area (Å²) in [5.74, 6) is 1.84. The van der Waals surface area contributed by atoms with E-state index in [1.807, 2.05) is 38.1 Å². The van der Waals surface area contributed by atoms with E-state index in [1.54, 1.807) is 17.5 Å². The molecule has 0 amide bonds. The molecule has 0 unspecified atom stereocenters. The first-order valence-corrected chi connectivity index (χ1v) is 10.0. The van der Waals surface area contributed by atoms with Crippen molar-refractivity contribution in [3.05, 3.63) is 64.7 Å². The van der Waals surface area contributed by atoms with E-state index < -0.39 is 0 Å². The topological polar surface area (TPSA) is 73.9 Å². The molecule has 0 fully saturated rings. The Hall–Kier alpha value is -2.99. The van der Waals surface area contributed by atoms with Crippen LogP contribution in [0.15, 0.2) is 48.7 Å². The van der Waals surface area contributed by atoms with Crippen LogP contribution in [0.1, 0.15) is 29.9 Å². The molecule has 3 heterocycles. The van der Waals surface area contributed by atoms with Gasteiger partial charge in [0.1, 0.15) is 10.6 Å². The van der Waals surface area contributed by atoms with Gasteiger partial charge in [0.2, 0.25) is 5.88 Å². The molecular weight excluding hydrogens is 368 g/mol. The maximum absolute atomic E-state index is 6.25. The molecule has 0 radical (unpaired) electrons. The number of rotatable bonds is 5. The molecule has 0 spiro atoms. The van der Waals surface area contributed by atoms with Crippen molar-refractivity contribution >= 4 is 27.4 Å². The van der Waals surface area contributed by atoms with Gasteiger partial charge in [-0.3, -0.25) is 0 Å². The van der Waals surface area contributed by atoms with Gasteiger partial charge in [0.05, 0.1) is 11.5 Å². The first-order valence-electron chi connectivity index (χ1n) is 9.23. The molecule has 5 nitrogen and oxygen atoms in total. The van der Waals surface area contributed by atoms with Crippen LogP contribution >= 0.6 is 11.3 Å². The number of aromatic nitrogens is 3. The van der Waals surface area contributed by atoms with Crippen LogP contribution in [-0.2, 0) is 6.42 Å². The van der Waals surface area contributed by atoms with E-state index in [0.717, 1.165) is 32.6 Å². The normalized spacial score (nSPS) is 11.3. The van der Waals surface area contributed by atoms with Crippen molar-refractivity contribution in [2.45, 2.75) is 33.3 Å². The summed E-state index contributed by atoms with van der Waals surface area (Å²) in [6.07, 6.45) is 2.55. The van der Waals surface area contributed by atoms with Crippen LogP contribution < -0.4 is 10.5 Å². The highest BCUT2D eigenvalue weighted by atomic mass is 32.1. The second kappa shape index (κ2) is 7.56. The molecule has 6 heteroatoms. The Bertz CT molecular complexity index is 1140. The largest absolute Gasteiger partial charge is 0.475 e. The van der Waals surface area contributed by atoms with Crippen LogP contribution in [0.25, 0.3) is 21.6 Å². The number of thiophene rings is 1. The minimum atomic E-state index is 0.0782. The zero-order chi connectivity index (χ0) is 19.7. The number of nitrogens with two attached hydrogens (primary N) is 1. The van der Waals surface area contributed by atoms with Crippen molar-refractivity contribution in [2.75, 3.05) is 5.73 Å². The quantitative estimate of drug-likeness (QED) is 0.518. The van der Waals surface area contributed by atoms with Gasteiger partial charge in [0.25, 0.3) is 0 Å². The van der Waals surface area contributed by atoms with E-state index in [2.05, 4.69) is 35.1 Å². The maximum Gasteiger partial charge on any atom is 0.217 e. The van der Waals surface area contributed by atoms with Gasteiger partial charge in [0.15, 0.2) is 5.82 Å². The minimum absolute atomic E-state index is 0.0782. The summed E-state index contributed by atoms with van der Waals surface area (Å²) in [4.78, 5) is 15.7. The highest BCUT2D eigenvalue weighted by Crippen LogP contribution is 2.32. The SMILES string of the molecule is Cc1cccc(-c2nc(N)c3cc(Cc4cccnc4OC(C)C)sc3n2)c1. The number of aryl methyl sites for hydroxylation is 1. The highest BCUT2D eigenvalue weighted by Gasteiger charge is 2.14. The fourth-order valence-electron chi connectivity index (χ4n) is 3.07. The van der Waals surface area contributed by atoms with E-state index >= 15 is 0 Å². The molecule has 3 aromatic heterocycles. The lowest BCUT2D eigenvalue weighted by molar-refractivity contribution is 0.230. The molecule has 1 aromatic carbocycles. The van der Waals surface area contributed by atoms with Crippen molar-refractivity contribution in [3.8, 4) is 17.3 Å². The van der Waals surface area contributed by atoms with E-state index in [4.69, 9.17) is 15.5 Å². The monoisotopic (exact) mass is 390 g/mol. The third-order valence-corrected chi connectivity index (χ3v) is 5.34. The van der Waals surface area contributed by atoms with Crippen LogP contribution in [0.5, 0.6) is 5.88 Å². The van der Waals surface area contributed by atoms with E-state index in [0.29, 0.717) is 17.5 Å². The lowest BCUT2D eigenvalue weighted by Crippen LogP contribution is -2.08. The Morgan fingerprint density at radius 3 is 2.75 bits per heavy atom. The molecule has 0 aliphatic heterocycles. The molecule has 4 aromatic rings. The number of hydrogen-bond acceptors (Lipinski definition) is 6. The van der Waals surface area contributed by atoms with Crippen LogP contribution in [0.4, 0.5) is 5.82 Å². The maximum atomic E-state index is 6.25. The molecule has 0 bridgehead atoms. The zero-order valence-corrected chi connectivity index (χ0v) is 17.0. The highest BCUT2D eigenvalue weighted by molar-refractivity contribution is 7.18. The number of anilines is 1. The Kier molecular flexibility index (Phi) is 4.96. The lowest BCUT2D eigenvalue weighted by atomic mass is 10.1. The van der Waals surface area contributed by atoms with Gasteiger partial charge in [-0.2, -0.15) is 0 Å². The van der Waals surface area contributed by atoms with Crippen LogP contribution in [0.3, 0.4) is 0 Å². The van der Waals surface area contributed by atoms with E-state index in [9.17, 15) is 0 Å². The number of fused-ring (bicyclic) bond motifs is 1. The third-order valence-electron chi connectivity index (χ3n) is 4.31. The van der Waals surface area contributed by atoms with Crippen LogP contribution in [0, 0.1) is 6.92 Å². The van der Waals surface area contributed by atoms with Crippen molar-refractivity contribution in [3.63, 3.8) is 0 Å². The first kappa shape index (κ1) is 18.4. The molecule has 0 saturated heterocycles.